The molecule has 2 aliphatic heterocycles. The van der Waals surface area contributed by atoms with Gasteiger partial charge in [-0.05, 0) is 39.0 Å². The van der Waals surface area contributed by atoms with Crippen LogP contribution in [0.5, 0.6) is 0 Å². The van der Waals surface area contributed by atoms with Crippen molar-refractivity contribution < 1.29 is 9.47 Å². The maximum absolute atomic E-state index is 6.02. The molecule has 1 aliphatic carbocycles. The molecule has 24 heavy (non-hydrogen) atoms. The van der Waals surface area contributed by atoms with Crippen molar-refractivity contribution >= 4 is 29.9 Å². The molecule has 3 atom stereocenters. The average Bonchev–Trinajstić information content (AvgIpc) is 3.07. The van der Waals surface area contributed by atoms with Crippen molar-refractivity contribution in [1.82, 2.24) is 10.6 Å². The Morgan fingerprint density at radius 3 is 2.54 bits per heavy atom. The Morgan fingerprint density at radius 1 is 1.12 bits per heavy atom. The smallest absolute Gasteiger partial charge is 0.191 e. The van der Waals surface area contributed by atoms with Crippen molar-refractivity contribution in [2.45, 2.75) is 89.1 Å². The van der Waals surface area contributed by atoms with E-state index < -0.39 is 0 Å². The van der Waals surface area contributed by atoms with E-state index in [-0.39, 0.29) is 24.0 Å². The van der Waals surface area contributed by atoms with Crippen molar-refractivity contribution in [2.75, 3.05) is 19.7 Å². The molecule has 6 heteroatoms. The van der Waals surface area contributed by atoms with Crippen LogP contribution in [0.3, 0.4) is 0 Å². The number of guanidine groups is 1. The molecule has 0 amide bonds. The zero-order valence-corrected chi connectivity index (χ0v) is 17.3. The van der Waals surface area contributed by atoms with Gasteiger partial charge in [0, 0.05) is 6.54 Å². The Hall–Kier alpha value is -0.0800. The molecule has 3 unspecified atom stereocenters. The number of nitrogens with one attached hydrogen (secondary N) is 2. The Bertz CT molecular complexity index is 386. The first kappa shape index (κ1) is 20.2. The molecular formula is C18H34IN3O2. The summed E-state index contributed by atoms with van der Waals surface area (Å²) in [6, 6.07) is 0.425. The Balaban J connectivity index is 0.00000208. The molecule has 1 saturated carbocycles. The monoisotopic (exact) mass is 451 g/mol. The number of aliphatic imine (C=N–C) groups is 1. The molecular weight excluding hydrogens is 417 g/mol. The predicted molar refractivity (Wildman–Crippen MR) is 108 cm³/mol. The van der Waals surface area contributed by atoms with Gasteiger partial charge in [0.25, 0.3) is 0 Å². The first-order chi connectivity index (χ1) is 11.3. The molecule has 3 aliphatic rings. The maximum Gasteiger partial charge on any atom is 0.191 e. The number of hydrogen-bond acceptors (Lipinski definition) is 3. The summed E-state index contributed by atoms with van der Waals surface area (Å²) < 4.78 is 11.9. The van der Waals surface area contributed by atoms with Gasteiger partial charge in [-0.15, -0.1) is 24.0 Å². The molecule has 2 N–H and O–H groups in total. The summed E-state index contributed by atoms with van der Waals surface area (Å²) in [5.74, 6) is 0.915. The molecule has 140 valence electrons. The number of halogens is 1. The van der Waals surface area contributed by atoms with E-state index in [4.69, 9.17) is 9.47 Å². The highest BCUT2D eigenvalue weighted by molar-refractivity contribution is 14.0. The third-order valence-electron chi connectivity index (χ3n) is 5.29. The fourth-order valence-corrected chi connectivity index (χ4v) is 4.07. The predicted octanol–water partition coefficient (Wildman–Crippen LogP) is 3.22. The number of ether oxygens (including phenoxy) is 2. The van der Waals surface area contributed by atoms with Gasteiger partial charge in [-0.1, -0.05) is 25.7 Å². The van der Waals surface area contributed by atoms with E-state index in [1.807, 2.05) is 0 Å². The topological polar surface area (TPSA) is 54.9 Å². The average molecular weight is 451 g/mol. The molecule has 0 spiro atoms. The largest absolute Gasteiger partial charge is 0.376 e. The molecule has 2 bridgehead atoms. The maximum atomic E-state index is 6.02. The fraction of sp³-hybridized carbons (Fsp3) is 0.944. The fourth-order valence-electron chi connectivity index (χ4n) is 4.07. The third kappa shape index (κ3) is 6.02. The highest BCUT2D eigenvalue weighted by atomic mass is 127. The quantitative estimate of drug-likeness (QED) is 0.214. The van der Waals surface area contributed by atoms with Gasteiger partial charge in [0.15, 0.2) is 5.96 Å². The van der Waals surface area contributed by atoms with E-state index >= 15 is 0 Å². The van der Waals surface area contributed by atoms with Gasteiger partial charge in [0.2, 0.25) is 0 Å². The lowest BCUT2D eigenvalue weighted by atomic mass is 9.96. The lowest BCUT2D eigenvalue weighted by Gasteiger charge is -2.22. The normalized spacial score (nSPS) is 30.7. The highest BCUT2D eigenvalue weighted by Gasteiger charge is 2.41. The summed E-state index contributed by atoms with van der Waals surface area (Å²) in [7, 11) is 0. The van der Waals surface area contributed by atoms with Crippen molar-refractivity contribution in [2.24, 2.45) is 4.99 Å². The van der Waals surface area contributed by atoms with Crippen LogP contribution in [0.15, 0.2) is 4.99 Å². The standard InChI is InChI=1S/C18H33N3O2.HI/c1-2-19-18(21-16-13-15-9-10-17(16)23-15)20-11-12-22-14-7-5-3-4-6-8-14;/h14-17H,2-13H2,1H3,(H2,19,20,21);1H. The minimum absolute atomic E-state index is 0. The van der Waals surface area contributed by atoms with Crippen LogP contribution < -0.4 is 10.6 Å². The SMILES string of the molecule is CCNC(=NCCOC1CCCCCC1)NC1CC2CCC1O2.I. The van der Waals surface area contributed by atoms with E-state index in [0.29, 0.717) is 24.4 Å². The van der Waals surface area contributed by atoms with E-state index in [9.17, 15) is 0 Å². The van der Waals surface area contributed by atoms with Crippen LogP contribution >= 0.6 is 24.0 Å². The molecule has 3 rings (SSSR count). The van der Waals surface area contributed by atoms with E-state index in [2.05, 4.69) is 22.5 Å². The van der Waals surface area contributed by atoms with Crippen LogP contribution in [0.4, 0.5) is 0 Å². The molecule has 3 fully saturated rings. The summed E-state index contributed by atoms with van der Waals surface area (Å²) in [6.07, 6.45) is 12.7. The molecule has 0 aromatic rings. The van der Waals surface area contributed by atoms with Gasteiger partial charge >= 0.3 is 0 Å². The van der Waals surface area contributed by atoms with Crippen LogP contribution in [-0.2, 0) is 9.47 Å². The summed E-state index contributed by atoms with van der Waals surface area (Å²) in [5, 5.41) is 6.90. The number of fused-ring (bicyclic) bond motifs is 2. The number of nitrogens with zero attached hydrogens (tertiary/aromatic N) is 1. The van der Waals surface area contributed by atoms with Gasteiger partial charge < -0.3 is 20.1 Å². The van der Waals surface area contributed by atoms with Crippen LogP contribution in [0.1, 0.15) is 64.7 Å². The Labute approximate surface area is 163 Å². The summed E-state index contributed by atoms with van der Waals surface area (Å²) in [4.78, 5) is 4.68. The van der Waals surface area contributed by atoms with Gasteiger partial charge in [-0.2, -0.15) is 0 Å². The lowest BCUT2D eigenvalue weighted by Crippen LogP contribution is -2.47. The molecule has 0 aromatic carbocycles. The first-order valence-corrected chi connectivity index (χ1v) is 9.67. The number of hydrogen-bond donors (Lipinski definition) is 2. The van der Waals surface area contributed by atoms with E-state index in [0.717, 1.165) is 32.1 Å². The summed E-state index contributed by atoms with van der Waals surface area (Å²) in [6.45, 7) is 4.45. The summed E-state index contributed by atoms with van der Waals surface area (Å²) >= 11 is 0. The van der Waals surface area contributed by atoms with Crippen molar-refractivity contribution in [3.8, 4) is 0 Å². The zero-order chi connectivity index (χ0) is 15.9. The highest BCUT2D eigenvalue weighted by Crippen LogP contribution is 2.34. The Kier molecular flexibility index (Phi) is 9.11. The van der Waals surface area contributed by atoms with Crippen LogP contribution in [0.2, 0.25) is 0 Å². The zero-order valence-electron chi connectivity index (χ0n) is 15.0. The summed E-state index contributed by atoms with van der Waals surface area (Å²) in [5.41, 5.74) is 0. The lowest BCUT2D eigenvalue weighted by molar-refractivity contribution is 0.0487. The van der Waals surface area contributed by atoms with E-state index in [1.165, 1.54) is 51.4 Å². The molecule has 5 nitrogen and oxygen atoms in total. The second-order valence-corrected chi connectivity index (χ2v) is 7.11. The molecule has 0 aromatic heterocycles. The van der Waals surface area contributed by atoms with Crippen LogP contribution in [0.25, 0.3) is 0 Å². The minimum atomic E-state index is 0. The van der Waals surface area contributed by atoms with Crippen LogP contribution in [0, 0.1) is 0 Å². The van der Waals surface area contributed by atoms with Gasteiger partial charge in [0.1, 0.15) is 0 Å². The van der Waals surface area contributed by atoms with Crippen molar-refractivity contribution in [1.29, 1.82) is 0 Å². The Morgan fingerprint density at radius 2 is 1.92 bits per heavy atom. The van der Waals surface area contributed by atoms with Gasteiger partial charge in [-0.25, -0.2) is 0 Å². The molecule has 2 heterocycles. The van der Waals surface area contributed by atoms with Crippen LogP contribution in [-0.4, -0.2) is 50.0 Å². The second-order valence-electron chi connectivity index (χ2n) is 7.11. The third-order valence-corrected chi connectivity index (χ3v) is 5.29. The van der Waals surface area contributed by atoms with Gasteiger partial charge in [0.05, 0.1) is 37.5 Å². The molecule has 2 saturated heterocycles. The van der Waals surface area contributed by atoms with Gasteiger partial charge in [-0.3, -0.25) is 4.99 Å². The first-order valence-electron chi connectivity index (χ1n) is 9.67. The van der Waals surface area contributed by atoms with Crippen molar-refractivity contribution in [3.05, 3.63) is 0 Å². The minimum Gasteiger partial charge on any atom is -0.376 e. The second kappa shape index (κ2) is 10.8. The number of rotatable bonds is 6. The molecule has 0 radical (unpaired) electrons. The van der Waals surface area contributed by atoms with E-state index in [1.54, 1.807) is 0 Å². The van der Waals surface area contributed by atoms with Crippen molar-refractivity contribution in [3.63, 3.8) is 0 Å².